The zero-order chi connectivity index (χ0) is 20.3. The SMILES string of the molecule is OC[C@]1(Cc2cccc(Cl)c2)CCCN(Cc2nc(-c3ccc(F)cc3)cs2)C1. The third-order valence-electron chi connectivity index (χ3n) is 5.59. The van der Waals surface area contributed by atoms with Crippen LogP contribution in [-0.4, -0.2) is 34.7 Å². The van der Waals surface area contributed by atoms with Gasteiger partial charge in [0.1, 0.15) is 10.8 Å². The lowest BCUT2D eigenvalue weighted by Crippen LogP contribution is -2.46. The number of benzene rings is 2. The first-order chi connectivity index (χ1) is 14.0. The molecule has 6 heteroatoms. The molecular weight excluding hydrogens is 407 g/mol. The average molecular weight is 431 g/mol. The fourth-order valence-electron chi connectivity index (χ4n) is 4.18. The van der Waals surface area contributed by atoms with Gasteiger partial charge in [-0.3, -0.25) is 4.90 Å². The lowest BCUT2D eigenvalue weighted by molar-refractivity contribution is 0.0288. The van der Waals surface area contributed by atoms with E-state index in [1.807, 2.05) is 23.6 Å². The second kappa shape index (κ2) is 8.92. The largest absolute Gasteiger partial charge is 0.396 e. The molecule has 3 aromatic rings. The first-order valence-electron chi connectivity index (χ1n) is 9.83. The highest BCUT2D eigenvalue weighted by Gasteiger charge is 2.35. The molecule has 0 radical (unpaired) electrons. The molecule has 1 fully saturated rings. The molecule has 2 aromatic carbocycles. The Balaban J connectivity index is 1.45. The van der Waals surface area contributed by atoms with Crippen molar-refractivity contribution in [3.05, 3.63) is 75.3 Å². The van der Waals surface area contributed by atoms with Crippen molar-refractivity contribution in [1.29, 1.82) is 0 Å². The van der Waals surface area contributed by atoms with Gasteiger partial charge in [0.2, 0.25) is 0 Å². The van der Waals surface area contributed by atoms with Crippen LogP contribution in [0.2, 0.25) is 5.02 Å². The number of thiazole rings is 1. The molecule has 1 aromatic heterocycles. The van der Waals surface area contributed by atoms with Gasteiger partial charge in [0.15, 0.2) is 0 Å². The minimum Gasteiger partial charge on any atom is -0.396 e. The van der Waals surface area contributed by atoms with Crippen LogP contribution in [0.3, 0.4) is 0 Å². The van der Waals surface area contributed by atoms with Crippen molar-refractivity contribution < 1.29 is 9.50 Å². The van der Waals surface area contributed by atoms with E-state index in [-0.39, 0.29) is 17.8 Å². The van der Waals surface area contributed by atoms with Crippen LogP contribution in [0.4, 0.5) is 4.39 Å². The Morgan fingerprint density at radius 1 is 1.21 bits per heavy atom. The van der Waals surface area contributed by atoms with Crippen LogP contribution in [0.15, 0.2) is 53.9 Å². The van der Waals surface area contributed by atoms with Gasteiger partial charge >= 0.3 is 0 Å². The second-order valence-corrected chi connectivity index (χ2v) is 9.29. The molecule has 0 aliphatic carbocycles. The fraction of sp³-hybridized carbons (Fsp3) is 0.348. The topological polar surface area (TPSA) is 36.4 Å². The van der Waals surface area contributed by atoms with Gasteiger partial charge in [-0.1, -0.05) is 23.7 Å². The van der Waals surface area contributed by atoms with Gasteiger partial charge in [-0.25, -0.2) is 9.37 Å². The van der Waals surface area contributed by atoms with E-state index in [4.69, 9.17) is 16.6 Å². The van der Waals surface area contributed by atoms with E-state index >= 15 is 0 Å². The molecule has 0 bridgehead atoms. The maximum absolute atomic E-state index is 13.1. The number of nitrogens with zero attached hydrogens (tertiary/aromatic N) is 2. The average Bonchev–Trinajstić information content (AvgIpc) is 3.17. The zero-order valence-corrected chi connectivity index (χ0v) is 17.7. The monoisotopic (exact) mass is 430 g/mol. The van der Waals surface area contributed by atoms with Gasteiger partial charge in [0.05, 0.1) is 18.8 Å². The molecule has 29 heavy (non-hydrogen) atoms. The van der Waals surface area contributed by atoms with E-state index in [0.717, 1.165) is 60.2 Å². The Morgan fingerprint density at radius 2 is 2.03 bits per heavy atom. The standard InChI is InChI=1S/C23H24ClFN2OS/c24-19-4-1-3-17(11-19)12-23(16-28)9-2-10-27(15-23)13-22-26-21(14-29-22)18-5-7-20(25)8-6-18/h1,3-8,11,14,28H,2,9-10,12-13,15-16H2/t23-/m0/s1. The van der Waals surface area contributed by atoms with Crippen LogP contribution in [0.1, 0.15) is 23.4 Å². The van der Waals surface area contributed by atoms with Crippen molar-refractivity contribution in [3.63, 3.8) is 0 Å². The van der Waals surface area contributed by atoms with Crippen molar-refractivity contribution in [3.8, 4) is 11.3 Å². The minimum atomic E-state index is -0.238. The predicted molar refractivity (Wildman–Crippen MR) is 117 cm³/mol. The Hall–Kier alpha value is -1.79. The van der Waals surface area contributed by atoms with Crippen molar-refractivity contribution in [2.45, 2.75) is 25.8 Å². The van der Waals surface area contributed by atoms with Crippen LogP contribution in [0.25, 0.3) is 11.3 Å². The number of aromatic nitrogens is 1. The molecule has 3 nitrogen and oxygen atoms in total. The number of aliphatic hydroxyl groups excluding tert-OH is 1. The Morgan fingerprint density at radius 3 is 2.79 bits per heavy atom. The van der Waals surface area contributed by atoms with Crippen LogP contribution >= 0.6 is 22.9 Å². The van der Waals surface area contributed by atoms with Gasteiger partial charge < -0.3 is 5.11 Å². The number of aliphatic hydroxyl groups is 1. The zero-order valence-electron chi connectivity index (χ0n) is 16.2. The Bertz CT molecular complexity index is 962. The summed E-state index contributed by atoms with van der Waals surface area (Å²) >= 11 is 7.78. The van der Waals surface area contributed by atoms with Gasteiger partial charge in [-0.2, -0.15) is 0 Å². The number of rotatable bonds is 6. The summed E-state index contributed by atoms with van der Waals surface area (Å²) in [5.74, 6) is -0.238. The van der Waals surface area contributed by atoms with E-state index in [1.54, 1.807) is 23.5 Å². The summed E-state index contributed by atoms with van der Waals surface area (Å²) in [6.07, 6.45) is 2.88. The van der Waals surface area contributed by atoms with Gasteiger partial charge in [0, 0.05) is 27.9 Å². The summed E-state index contributed by atoms with van der Waals surface area (Å²) in [5.41, 5.74) is 2.83. The molecule has 1 aliphatic rings. The summed E-state index contributed by atoms with van der Waals surface area (Å²) in [4.78, 5) is 7.13. The van der Waals surface area contributed by atoms with Crippen molar-refractivity contribution >= 4 is 22.9 Å². The molecule has 0 spiro atoms. The minimum absolute atomic E-state index is 0.153. The summed E-state index contributed by atoms with van der Waals surface area (Å²) in [6.45, 7) is 2.77. The molecule has 1 atom stereocenters. The molecule has 0 saturated carbocycles. The smallest absolute Gasteiger partial charge is 0.123 e. The molecule has 4 rings (SSSR count). The van der Waals surface area contributed by atoms with E-state index in [2.05, 4.69) is 11.0 Å². The molecule has 152 valence electrons. The van der Waals surface area contributed by atoms with E-state index in [0.29, 0.717) is 0 Å². The summed E-state index contributed by atoms with van der Waals surface area (Å²) in [7, 11) is 0. The van der Waals surface area contributed by atoms with Crippen LogP contribution in [-0.2, 0) is 13.0 Å². The second-order valence-electron chi connectivity index (χ2n) is 7.91. The molecule has 2 heterocycles. The van der Waals surface area contributed by atoms with Gasteiger partial charge in [0.25, 0.3) is 0 Å². The van der Waals surface area contributed by atoms with Gasteiger partial charge in [-0.15, -0.1) is 11.3 Å². The van der Waals surface area contributed by atoms with Gasteiger partial charge in [-0.05, 0) is 67.8 Å². The predicted octanol–water partition coefficient (Wildman–Crippen LogP) is 5.42. The maximum Gasteiger partial charge on any atom is 0.123 e. The maximum atomic E-state index is 13.1. The number of likely N-dealkylation sites (tertiary alicyclic amines) is 1. The number of piperidine rings is 1. The fourth-order valence-corrected chi connectivity index (χ4v) is 5.24. The highest BCUT2D eigenvalue weighted by atomic mass is 35.5. The molecule has 1 aliphatic heterocycles. The molecular formula is C23H24ClFN2OS. The van der Waals surface area contributed by atoms with Crippen LogP contribution < -0.4 is 0 Å². The third kappa shape index (κ3) is 5.04. The van der Waals surface area contributed by atoms with E-state index < -0.39 is 0 Å². The number of hydrogen-bond donors (Lipinski definition) is 1. The third-order valence-corrected chi connectivity index (χ3v) is 6.66. The van der Waals surface area contributed by atoms with E-state index in [1.165, 1.54) is 17.7 Å². The van der Waals surface area contributed by atoms with Crippen molar-refractivity contribution in [1.82, 2.24) is 9.88 Å². The summed E-state index contributed by atoms with van der Waals surface area (Å²) < 4.78 is 13.1. The summed E-state index contributed by atoms with van der Waals surface area (Å²) in [5, 5.41) is 14.0. The molecule has 0 amide bonds. The van der Waals surface area contributed by atoms with Crippen molar-refractivity contribution in [2.75, 3.05) is 19.7 Å². The Labute approximate surface area is 179 Å². The highest BCUT2D eigenvalue weighted by Crippen LogP contribution is 2.35. The quantitative estimate of drug-likeness (QED) is 0.567. The Kier molecular flexibility index (Phi) is 6.30. The molecule has 1 saturated heterocycles. The van der Waals surface area contributed by atoms with Crippen LogP contribution in [0.5, 0.6) is 0 Å². The van der Waals surface area contributed by atoms with Crippen LogP contribution in [0, 0.1) is 11.2 Å². The van der Waals surface area contributed by atoms with Crippen molar-refractivity contribution in [2.24, 2.45) is 5.41 Å². The molecule has 1 N–H and O–H groups in total. The first-order valence-corrected chi connectivity index (χ1v) is 11.1. The first kappa shape index (κ1) is 20.5. The number of halogens is 2. The summed E-state index contributed by atoms with van der Waals surface area (Å²) in [6, 6.07) is 14.4. The normalized spacial score (nSPS) is 20.1. The van der Waals surface area contributed by atoms with E-state index in [9.17, 15) is 9.50 Å². The molecule has 0 unspecified atom stereocenters. The number of hydrogen-bond acceptors (Lipinski definition) is 4. The highest BCUT2D eigenvalue weighted by molar-refractivity contribution is 7.09. The lowest BCUT2D eigenvalue weighted by atomic mass is 9.76. The lowest BCUT2D eigenvalue weighted by Gasteiger charge is -2.41.